The first kappa shape index (κ1) is 13.4. The first-order valence-corrected chi connectivity index (χ1v) is 6.13. The fraction of sp³-hybridized carbons (Fsp3) is 0.300. The lowest BCUT2D eigenvalue weighted by Crippen LogP contribution is -2.22. The van der Waals surface area contributed by atoms with Gasteiger partial charge in [0.25, 0.3) is 5.56 Å². The largest absolute Gasteiger partial charge is 0.293 e. The van der Waals surface area contributed by atoms with Crippen molar-refractivity contribution in [2.75, 3.05) is 0 Å². The number of aromatic nitrogens is 4. The molecule has 0 fully saturated rings. The molecule has 2 aromatic rings. The highest BCUT2D eigenvalue weighted by Crippen LogP contribution is 2.20. The van der Waals surface area contributed by atoms with Crippen LogP contribution in [0.3, 0.4) is 0 Å². The predicted molar refractivity (Wildman–Crippen MR) is 70.6 cm³/mol. The van der Waals surface area contributed by atoms with E-state index in [2.05, 4.69) is 10.1 Å². The maximum absolute atomic E-state index is 11.9. The summed E-state index contributed by atoms with van der Waals surface area (Å²) in [7, 11) is 1.73. The molecule has 0 spiro atoms. The minimum atomic E-state index is -0.406. The van der Waals surface area contributed by atoms with E-state index in [1.165, 1.54) is 10.9 Å². The van der Waals surface area contributed by atoms with Crippen molar-refractivity contribution in [2.24, 2.45) is 7.05 Å². The second-order valence-electron chi connectivity index (χ2n) is 3.76. The van der Waals surface area contributed by atoms with Crippen molar-refractivity contribution < 1.29 is 0 Å². The Morgan fingerprint density at radius 2 is 2.00 bits per heavy atom. The number of hydrogen-bond donors (Lipinski definition) is 0. The van der Waals surface area contributed by atoms with Crippen LogP contribution in [0.15, 0.2) is 11.1 Å². The highest BCUT2D eigenvalue weighted by molar-refractivity contribution is 6.40. The van der Waals surface area contributed by atoms with Crippen molar-refractivity contribution in [3.8, 4) is 0 Å². The fourth-order valence-corrected chi connectivity index (χ4v) is 2.10. The molecule has 0 saturated heterocycles. The van der Waals surface area contributed by atoms with E-state index < -0.39 is 5.56 Å². The molecule has 0 atom stereocenters. The van der Waals surface area contributed by atoms with Gasteiger partial charge in [0.2, 0.25) is 0 Å². The lowest BCUT2D eigenvalue weighted by atomic mass is 10.2. The van der Waals surface area contributed by atoms with Gasteiger partial charge in [-0.25, -0.2) is 4.98 Å². The number of hydrogen-bond acceptors (Lipinski definition) is 3. The molecule has 0 amide bonds. The zero-order chi connectivity index (χ0) is 13.4. The predicted octanol–water partition coefficient (Wildman–Crippen LogP) is 2.29. The molecule has 2 aromatic heterocycles. The van der Waals surface area contributed by atoms with Crippen LogP contribution in [-0.4, -0.2) is 19.3 Å². The molecule has 2 heterocycles. The standard InChI is InChI=1S/C10H9Cl3N4O/c1-5-6(9(13)16(2)15-5)3-17-4-14-8(12)7(11)10(17)18/h4H,3H2,1-2H3. The summed E-state index contributed by atoms with van der Waals surface area (Å²) in [5.74, 6) is 0. The van der Waals surface area contributed by atoms with Gasteiger partial charge in [0.15, 0.2) is 5.15 Å². The molecule has 0 unspecified atom stereocenters. The first-order chi connectivity index (χ1) is 8.41. The van der Waals surface area contributed by atoms with Crippen LogP contribution in [0, 0.1) is 6.92 Å². The maximum Gasteiger partial charge on any atom is 0.273 e. The van der Waals surface area contributed by atoms with Gasteiger partial charge >= 0.3 is 0 Å². The van der Waals surface area contributed by atoms with Gasteiger partial charge in [-0.3, -0.25) is 14.0 Å². The van der Waals surface area contributed by atoms with Crippen LogP contribution in [0.1, 0.15) is 11.3 Å². The third kappa shape index (κ3) is 2.25. The minimum Gasteiger partial charge on any atom is -0.293 e. The Labute approximate surface area is 118 Å². The molecule has 0 bridgehead atoms. The van der Waals surface area contributed by atoms with Crippen molar-refractivity contribution >= 4 is 34.8 Å². The van der Waals surface area contributed by atoms with Crippen LogP contribution in [0.4, 0.5) is 0 Å². The summed E-state index contributed by atoms with van der Waals surface area (Å²) < 4.78 is 2.88. The highest BCUT2D eigenvalue weighted by atomic mass is 35.5. The summed E-state index contributed by atoms with van der Waals surface area (Å²) in [6.45, 7) is 2.07. The van der Waals surface area contributed by atoms with Crippen molar-refractivity contribution in [2.45, 2.75) is 13.5 Å². The van der Waals surface area contributed by atoms with Gasteiger partial charge in [0.1, 0.15) is 10.2 Å². The van der Waals surface area contributed by atoms with Crippen LogP contribution in [0.2, 0.25) is 15.3 Å². The van der Waals surface area contributed by atoms with E-state index >= 15 is 0 Å². The summed E-state index contributed by atoms with van der Waals surface area (Å²) in [5.41, 5.74) is 1.10. The summed E-state index contributed by atoms with van der Waals surface area (Å²) in [4.78, 5) is 15.7. The van der Waals surface area contributed by atoms with Crippen molar-refractivity contribution in [1.29, 1.82) is 0 Å². The molecular weight excluding hydrogens is 298 g/mol. The van der Waals surface area contributed by atoms with Gasteiger partial charge in [0.05, 0.1) is 18.6 Å². The Hall–Kier alpha value is -1.04. The molecule has 0 aliphatic heterocycles. The Kier molecular flexibility index (Phi) is 3.66. The van der Waals surface area contributed by atoms with Crippen LogP contribution < -0.4 is 5.56 Å². The molecule has 0 aliphatic carbocycles. The number of aryl methyl sites for hydroxylation is 2. The molecule has 2 rings (SSSR count). The van der Waals surface area contributed by atoms with E-state index in [1.807, 2.05) is 6.92 Å². The normalized spacial score (nSPS) is 10.9. The van der Waals surface area contributed by atoms with Gasteiger partial charge in [-0.05, 0) is 6.92 Å². The second kappa shape index (κ2) is 4.91. The Morgan fingerprint density at radius 1 is 1.33 bits per heavy atom. The Morgan fingerprint density at radius 3 is 2.56 bits per heavy atom. The molecule has 0 N–H and O–H groups in total. The van der Waals surface area contributed by atoms with Crippen molar-refractivity contribution in [1.82, 2.24) is 19.3 Å². The van der Waals surface area contributed by atoms with Gasteiger partial charge in [-0.15, -0.1) is 0 Å². The highest BCUT2D eigenvalue weighted by Gasteiger charge is 2.14. The zero-order valence-electron chi connectivity index (χ0n) is 9.62. The fourth-order valence-electron chi connectivity index (χ4n) is 1.58. The minimum absolute atomic E-state index is 0.00748. The topological polar surface area (TPSA) is 52.7 Å². The zero-order valence-corrected chi connectivity index (χ0v) is 11.9. The summed E-state index contributed by atoms with van der Waals surface area (Å²) in [6.07, 6.45) is 1.33. The van der Waals surface area contributed by atoms with Crippen molar-refractivity contribution in [3.63, 3.8) is 0 Å². The quantitative estimate of drug-likeness (QED) is 0.800. The van der Waals surface area contributed by atoms with Gasteiger partial charge in [-0.1, -0.05) is 34.8 Å². The van der Waals surface area contributed by atoms with Crippen LogP contribution in [-0.2, 0) is 13.6 Å². The van der Waals surface area contributed by atoms with E-state index in [1.54, 1.807) is 11.7 Å². The average Bonchev–Trinajstić information content (AvgIpc) is 2.56. The van der Waals surface area contributed by atoms with Gasteiger partial charge < -0.3 is 0 Å². The van der Waals surface area contributed by atoms with Crippen LogP contribution >= 0.6 is 34.8 Å². The molecule has 18 heavy (non-hydrogen) atoms. The maximum atomic E-state index is 11.9. The van der Waals surface area contributed by atoms with E-state index in [0.717, 1.165) is 11.3 Å². The second-order valence-corrected chi connectivity index (χ2v) is 4.85. The monoisotopic (exact) mass is 306 g/mol. The SMILES string of the molecule is Cc1nn(C)c(Cl)c1Cn1cnc(Cl)c(Cl)c1=O. The number of nitrogens with zero attached hydrogens (tertiary/aromatic N) is 4. The van der Waals surface area contributed by atoms with Crippen molar-refractivity contribution in [3.05, 3.63) is 43.3 Å². The number of halogens is 3. The molecule has 0 saturated carbocycles. The summed E-state index contributed by atoms with van der Waals surface area (Å²) in [5, 5.41) is 4.54. The Bertz CT molecular complexity index is 662. The molecule has 96 valence electrons. The third-order valence-electron chi connectivity index (χ3n) is 2.54. The van der Waals surface area contributed by atoms with E-state index in [0.29, 0.717) is 5.15 Å². The molecule has 0 aromatic carbocycles. The van der Waals surface area contributed by atoms with E-state index in [9.17, 15) is 4.79 Å². The van der Waals surface area contributed by atoms with E-state index in [4.69, 9.17) is 34.8 Å². The third-order valence-corrected chi connectivity index (χ3v) is 3.74. The average molecular weight is 308 g/mol. The van der Waals surface area contributed by atoms with E-state index in [-0.39, 0.29) is 16.7 Å². The van der Waals surface area contributed by atoms with Gasteiger partial charge in [0, 0.05) is 12.6 Å². The summed E-state index contributed by atoms with van der Waals surface area (Å²) >= 11 is 17.5. The molecule has 0 radical (unpaired) electrons. The molecule has 5 nitrogen and oxygen atoms in total. The Balaban J connectivity index is 2.47. The number of rotatable bonds is 2. The first-order valence-electron chi connectivity index (χ1n) is 5.00. The smallest absolute Gasteiger partial charge is 0.273 e. The molecular formula is C10H9Cl3N4O. The summed E-state index contributed by atoms with van der Waals surface area (Å²) in [6, 6.07) is 0. The van der Waals surface area contributed by atoms with Gasteiger partial charge in [-0.2, -0.15) is 5.10 Å². The molecule has 8 heteroatoms. The molecule has 0 aliphatic rings. The lowest BCUT2D eigenvalue weighted by Gasteiger charge is -2.06. The van der Waals surface area contributed by atoms with Crippen LogP contribution in [0.5, 0.6) is 0 Å². The van der Waals surface area contributed by atoms with Crippen LogP contribution in [0.25, 0.3) is 0 Å². The lowest BCUT2D eigenvalue weighted by molar-refractivity contribution is 0.731.